The van der Waals surface area contributed by atoms with Crippen LogP contribution in [0.2, 0.25) is 0 Å². The van der Waals surface area contributed by atoms with E-state index in [0.29, 0.717) is 11.6 Å². The molecule has 0 fully saturated rings. The van der Waals surface area contributed by atoms with Crippen LogP contribution in [-0.4, -0.2) is 35.6 Å². The van der Waals surface area contributed by atoms with Gasteiger partial charge in [0.25, 0.3) is 0 Å². The molecule has 6 nitrogen and oxygen atoms in total. The lowest BCUT2D eigenvalue weighted by atomic mass is 10.1. The van der Waals surface area contributed by atoms with Crippen LogP contribution in [0.3, 0.4) is 0 Å². The molecule has 3 aromatic rings. The third-order valence-corrected chi connectivity index (χ3v) is 4.67. The van der Waals surface area contributed by atoms with Crippen molar-refractivity contribution in [3.63, 3.8) is 0 Å². The Labute approximate surface area is 152 Å². The van der Waals surface area contributed by atoms with Crippen molar-refractivity contribution < 1.29 is 13.9 Å². The summed E-state index contributed by atoms with van der Waals surface area (Å²) in [6.45, 7) is 2.48. The molecule has 0 atom stereocenters. The maximum absolute atomic E-state index is 5.51. The van der Waals surface area contributed by atoms with Crippen LogP contribution in [0.15, 0.2) is 47.2 Å². The summed E-state index contributed by atoms with van der Waals surface area (Å²) in [5.41, 5.74) is 3.31. The second-order valence-electron chi connectivity index (χ2n) is 6.24. The minimum atomic E-state index is 0.647. The van der Waals surface area contributed by atoms with Crippen molar-refractivity contribution in [2.75, 3.05) is 20.8 Å². The van der Waals surface area contributed by atoms with E-state index in [1.807, 2.05) is 36.5 Å². The topological polar surface area (TPSA) is 60.6 Å². The molecule has 1 aromatic carbocycles. The smallest absolute Gasteiger partial charge is 0.195 e. The third kappa shape index (κ3) is 3.15. The second-order valence-corrected chi connectivity index (χ2v) is 6.24. The average Bonchev–Trinajstić information content (AvgIpc) is 3.22. The van der Waals surface area contributed by atoms with Gasteiger partial charge in [0.05, 0.1) is 31.7 Å². The summed E-state index contributed by atoms with van der Waals surface area (Å²) in [5, 5.41) is 0. The fourth-order valence-electron chi connectivity index (χ4n) is 3.34. The number of benzene rings is 1. The molecular formula is C20H21N3O3. The van der Waals surface area contributed by atoms with Gasteiger partial charge >= 0.3 is 0 Å². The lowest BCUT2D eigenvalue weighted by Crippen LogP contribution is -2.31. The molecule has 1 aliphatic heterocycles. The Kier molecular flexibility index (Phi) is 4.58. The van der Waals surface area contributed by atoms with Crippen molar-refractivity contribution in [1.29, 1.82) is 0 Å². The number of aromatic nitrogens is 2. The highest BCUT2D eigenvalue weighted by Gasteiger charge is 2.22. The van der Waals surface area contributed by atoms with Gasteiger partial charge in [-0.25, -0.2) is 9.97 Å². The van der Waals surface area contributed by atoms with Crippen molar-refractivity contribution in [3.05, 3.63) is 59.6 Å². The Balaban J connectivity index is 1.55. The van der Waals surface area contributed by atoms with Crippen LogP contribution in [0.5, 0.6) is 11.5 Å². The molecule has 0 unspecified atom stereocenters. The Morgan fingerprint density at radius 1 is 1.12 bits per heavy atom. The van der Waals surface area contributed by atoms with Gasteiger partial charge in [0.2, 0.25) is 0 Å². The fraction of sp³-hybridized carbons (Fsp3) is 0.300. The van der Waals surface area contributed by atoms with Crippen LogP contribution >= 0.6 is 0 Å². The summed E-state index contributed by atoms with van der Waals surface area (Å²) in [7, 11) is 3.38. The van der Waals surface area contributed by atoms with E-state index in [9.17, 15) is 0 Å². The molecule has 0 amide bonds. The van der Waals surface area contributed by atoms with Crippen LogP contribution in [0.1, 0.15) is 16.8 Å². The zero-order chi connectivity index (χ0) is 17.9. The molecule has 0 aliphatic carbocycles. The predicted octanol–water partition coefficient (Wildman–Crippen LogP) is 3.31. The van der Waals surface area contributed by atoms with Gasteiger partial charge in [0.15, 0.2) is 11.6 Å². The maximum Gasteiger partial charge on any atom is 0.195 e. The first-order valence-corrected chi connectivity index (χ1v) is 8.59. The van der Waals surface area contributed by atoms with Crippen molar-refractivity contribution in [2.24, 2.45) is 0 Å². The molecule has 26 heavy (non-hydrogen) atoms. The normalized spacial score (nSPS) is 14.1. The highest BCUT2D eigenvalue weighted by Crippen LogP contribution is 2.31. The lowest BCUT2D eigenvalue weighted by molar-refractivity contribution is 0.235. The minimum absolute atomic E-state index is 0.647. The third-order valence-electron chi connectivity index (χ3n) is 4.67. The number of furan rings is 1. The van der Waals surface area contributed by atoms with E-state index in [4.69, 9.17) is 13.9 Å². The van der Waals surface area contributed by atoms with Gasteiger partial charge in [0, 0.05) is 37.8 Å². The number of hydrogen-bond donors (Lipinski definition) is 0. The van der Waals surface area contributed by atoms with E-state index in [0.717, 1.165) is 54.4 Å². The molecule has 0 saturated heterocycles. The van der Waals surface area contributed by atoms with Crippen LogP contribution in [0.4, 0.5) is 0 Å². The highest BCUT2D eigenvalue weighted by atomic mass is 16.5. The maximum atomic E-state index is 5.51. The van der Waals surface area contributed by atoms with E-state index >= 15 is 0 Å². The summed E-state index contributed by atoms with van der Waals surface area (Å²) in [6.07, 6.45) is 4.43. The van der Waals surface area contributed by atoms with Gasteiger partial charge in [-0.1, -0.05) is 6.07 Å². The average molecular weight is 351 g/mol. The van der Waals surface area contributed by atoms with Crippen molar-refractivity contribution in [3.8, 4) is 23.1 Å². The molecular weight excluding hydrogens is 330 g/mol. The van der Waals surface area contributed by atoms with Crippen LogP contribution in [0, 0.1) is 0 Å². The SMILES string of the molecule is COc1cccc(OC)c1CN1CCc2nc(-c3ccco3)ncc2C1. The molecule has 0 N–H and O–H groups in total. The molecule has 3 heterocycles. The van der Waals surface area contributed by atoms with Crippen LogP contribution < -0.4 is 9.47 Å². The standard InChI is InChI=1S/C20H21N3O3/c1-24-17-5-3-6-18(25-2)15(17)13-23-9-8-16-14(12-23)11-21-20(22-16)19-7-4-10-26-19/h3-7,10-11H,8-9,12-13H2,1-2H3. The number of rotatable bonds is 5. The van der Waals surface area contributed by atoms with E-state index < -0.39 is 0 Å². The van der Waals surface area contributed by atoms with E-state index in [1.165, 1.54) is 0 Å². The van der Waals surface area contributed by atoms with Crippen LogP contribution in [0.25, 0.3) is 11.6 Å². The zero-order valence-corrected chi connectivity index (χ0v) is 14.9. The quantitative estimate of drug-likeness (QED) is 0.703. The second kappa shape index (κ2) is 7.17. The van der Waals surface area contributed by atoms with Crippen LogP contribution in [-0.2, 0) is 19.5 Å². The lowest BCUT2D eigenvalue weighted by Gasteiger charge is -2.29. The number of methoxy groups -OCH3 is 2. The first-order valence-electron chi connectivity index (χ1n) is 8.59. The number of fused-ring (bicyclic) bond motifs is 1. The number of hydrogen-bond acceptors (Lipinski definition) is 6. The first-order chi connectivity index (χ1) is 12.8. The van der Waals surface area contributed by atoms with Crippen molar-refractivity contribution in [1.82, 2.24) is 14.9 Å². The molecule has 1 aliphatic rings. The Morgan fingerprint density at radius 2 is 1.92 bits per heavy atom. The number of nitrogens with zero attached hydrogens (tertiary/aromatic N) is 3. The Hall–Kier alpha value is -2.86. The van der Waals surface area contributed by atoms with E-state index in [1.54, 1.807) is 20.5 Å². The summed E-state index contributed by atoms with van der Waals surface area (Å²) in [4.78, 5) is 11.5. The van der Waals surface area contributed by atoms with E-state index in [-0.39, 0.29) is 0 Å². The molecule has 6 heteroatoms. The molecule has 0 bridgehead atoms. The monoisotopic (exact) mass is 351 g/mol. The van der Waals surface area contributed by atoms with Gasteiger partial charge in [-0.3, -0.25) is 4.90 Å². The summed E-state index contributed by atoms with van der Waals surface area (Å²) in [5.74, 6) is 3.04. The number of ether oxygens (including phenoxy) is 2. The highest BCUT2D eigenvalue weighted by molar-refractivity contribution is 5.47. The van der Waals surface area contributed by atoms with Crippen molar-refractivity contribution >= 4 is 0 Å². The van der Waals surface area contributed by atoms with E-state index in [2.05, 4.69) is 14.9 Å². The van der Waals surface area contributed by atoms with Gasteiger partial charge in [-0.2, -0.15) is 0 Å². The van der Waals surface area contributed by atoms with Crippen molar-refractivity contribution in [2.45, 2.75) is 19.5 Å². The summed E-state index contributed by atoms with van der Waals surface area (Å²) >= 11 is 0. The predicted molar refractivity (Wildman–Crippen MR) is 97.1 cm³/mol. The summed E-state index contributed by atoms with van der Waals surface area (Å²) < 4.78 is 16.4. The van der Waals surface area contributed by atoms with Gasteiger partial charge in [0.1, 0.15) is 11.5 Å². The Bertz CT molecular complexity index is 871. The molecule has 0 radical (unpaired) electrons. The minimum Gasteiger partial charge on any atom is -0.496 e. The van der Waals surface area contributed by atoms with Gasteiger partial charge < -0.3 is 13.9 Å². The molecule has 134 valence electrons. The molecule has 4 rings (SSSR count). The molecule has 0 spiro atoms. The van der Waals surface area contributed by atoms with Gasteiger partial charge in [-0.15, -0.1) is 0 Å². The Morgan fingerprint density at radius 3 is 2.62 bits per heavy atom. The largest absolute Gasteiger partial charge is 0.496 e. The molecule has 0 saturated carbocycles. The van der Waals surface area contributed by atoms with Gasteiger partial charge in [-0.05, 0) is 24.3 Å². The summed E-state index contributed by atoms with van der Waals surface area (Å²) in [6, 6.07) is 9.60. The fourth-order valence-corrected chi connectivity index (χ4v) is 3.34. The first kappa shape index (κ1) is 16.6. The molecule has 2 aromatic heterocycles. The zero-order valence-electron chi connectivity index (χ0n) is 14.9.